The lowest BCUT2D eigenvalue weighted by Crippen LogP contribution is -2.23. The summed E-state index contributed by atoms with van der Waals surface area (Å²) in [4.78, 5) is 25.1. The first-order valence-corrected chi connectivity index (χ1v) is 6.59. The molecule has 96 valence electrons. The fraction of sp³-hybridized carbons (Fsp3) is 0.571. The van der Waals surface area contributed by atoms with Crippen LogP contribution >= 0.6 is 0 Å². The summed E-state index contributed by atoms with van der Waals surface area (Å²) in [5, 5.41) is 0. The zero-order chi connectivity index (χ0) is 12.8. The number of hydrogen-bond donors (Lipinski definition) is 2. The Morgan fingerprint density at radius 3 is 2.83 bits per heavy atom. The number of H-pyrrole nitrogens is 1. The molecule has 4 heteroatoms. The van der Waals surface area contributed by atoms with Crippen LogP contribution < -0.4 is 11.3 Å². The SMILES string of the molecule is NC(=O)C1CC12CCCC(c1ccc(=O)[nH]c1)C2. The van der Waals surface area contributed by atoms with Gasteiger partial charge in [0.25, 0.3) is 0 Å². The molecule has 3 atom stereocenters. The summed E-state index contributed by atoms with van der Waals surface area (Å²) in [6.07, 6.45) is 7.22. The Labute approximate surface area is 106 Å². The molecular weight excluding hydrogens is 228 g/mol. The molecule has 2 fully saturated rings. The van der Waals surface area contributed by atoms with Gasteiger partial charge in [0, 0.05) is 18.2 Å². The van der Waals surface area contributed by atoms with Crippen molar-refractivity contribution in [3.8, 4) is 0 Å². The third-order valence-electron chi connectivity index (χ3n) is 4.69. The van der Waals surface area contributed by atoms with Crippen molar-refractivity contribution in [1.29, 1.82) is 0 Å². The topological polar surface area (TPSA) is 76.0 Å². The molecule has 0 bridgehead atoms. The summed E-state index contributed by atoms with van der Waals surface area (Å²) in [5.41, 5.74) is 6.71. The minimum absolute atomic E-state index is 0.0642. The number of hydrogen-bond acceptors (Lipinski definition) is 2. The van der Waals surface area contributed by atoms with Gasteiger partial charge in [0.15, 0.2) is 0 Å². The third-order valence-corrected chi connectivity index (χ3v) is 4.69. The van der Waals surface area contributed by atoms with Crippen LogP contribution in [-0.2, 0) is 4.79 Å². The van der Waals surface area contributed by atoms with Gasteiger partial charge in [-0.1, -0.05) is 12.5 Å². The van der Waals surface area contributed by atoms with E-state index in [0.717, 1.165) is 32.1 Å². The van der Waals surface area contributed by atoms with Crippen LogP contribution in [0.2, 0.25) is 0 Å². The zero-order valence-corrected chi connectivity index (χ0v) is 10.3. The molecule has 1 aromatic rings. The van der Waals surface area contributed by atoms with Crippen molar-refractivity contribution in [3.05, 3.63) is 34.2 Å². The van der Waals surface area contributed by atoms with Gasteiger partial charge in [0.1, 0.15) is 0 Å². The predicted octanol–water partition coefficient (Wildman–Crippen LogP) is 1.52. The van der Waals surface area contributed by atoms with Crippen LogP contribution in [-0.4, -0.2) is 10.9 Å². The number of amides is 1. The van der Waals surface area contributed by atoms with Crippen LogP contribution in [0.4, 0.5) is 0 Å². The van der Waals surface area contributed by atoms with Crippen molar-refractivity contribution < 1.29 is 4.79 Å². The molecule has 0 aliphatic heterocycles. The Hall–Kier alpha value is -1.58. The molecule has 0 radical (unpaired) electrons. The second-order valence-corrected chi connectivity index (χ2v) is 5.80. The Balaban J connectivity index is 1.77. The Morgan fingerprint density at radius 2 is 2.22 bits per heavy atom. The van der Waals surface area contributed by atoms with E-state index in [9.17, 15) is 9.59 Å². The van der Waals surface area contributed by atoms with Gasteiger partial charge >= 0.3 is 0 Å². The summed E-state index contributed by atoms with van der Waals surface area (Å²) < 4.78 is 0. The van der Waals surface area contributed by atoms with E-state index in [-0.39, 0.29) is 22.8 Å². The number of pyridine rings is 1. The van der Waals surface area contributed by atoms with Gasteiger partial charge in [0.2, 0.25) is 11.5 Å². The first kappa shape index (κ1) is 11.5. The molecule has 18 heavy (non-hydrogen) atoms. The maximum absolute atomic E-state index is 11.3. The lowest BCUT2D eigenvalue weighted by molar-refractivity contribution is -0.120. The largest absolute Gasteiger partial charge is 0.369 e. The van der Waals surface area contributed by atoms with Gasteiger partial charge in [-0.15, -0.1) is 0 Å². The van der Waals surface area contributed by atoms with E-state index in [1.54, 1.807) is 6.07 Å². The summed E-state index contributed by atoms with van der Waals surface area (Å²) in [7, 11) is 0. The van der Waals surface area contributed by atoms with Crippen molar-refractivity contribution in [2.45, 2.75) is 38.0 Å². The standard InChI is InChI=1S/C14H18N2O2/c15-13(18)11-7-14(11)5-1-2-9(6-14)10-3-4-12(17)16-8-10/h3-4,8-9,11H,1-2,5-7H2,(H2,15,18)(H,16,17). The minimum atomic E-state index is -0.142. The van der Waals surface area contributed by atoms with Crippen LogP contribution in [0.5, 0.6) is 0 Å². The van der Waals surface area contributed by atoms with E-state index in [4.69, 9.17) is 5.73 Å². The molecule has 3 rings (SSSR count). The normalized spacial score (nSPS) is 34.4. The smallest absolute Gasteiger partial charge is 0.247 e. The van der Waals surface area contributed by atoms with E-state index in [1.807, 2.05) is 12.3 Å². The minimum Gasteiger partial charge on any atom is -0.369 e. The van der Waals surface area contributed by atoms with E-state index >= 15 is 0 Å². The first-order chi connectivity index (χ1) is 8.61. The molecule has 0 aromatic carbocycles. The van der Waals surface area contributed by atoms with E-state index in [2.05, 4.69) is 4.98 Å². The van der Waals surface area contributed by atoms with Crippen molar-refractivity contribution in [2.24, 2.45) is 17.1 Å². The number of carbonyl (C=O) groups excluding carboxylic acids is 1. The highest BCUT2D eigenvalue weighted by atomic mass is 16.1. The fourth-order valence-electron chi connectivity index (χ4n) is 3.61. The average molecular weight is 246 g/mol. The highest BCUT2D eigenvalue weighted by Crippen LogP contribution is 2.63. The summed E-state index contributed by atoms with van der Waals surface area (Å²) >= 11 is 0. The monoisotopic (exact) mass is 246 g/mol. The highest BCUT2D eigenvalue weighted by molar-refractivity contribution is 5.80. The zero-order valence-electron chi connectivity index (χ0n) is 10.3. The van der Waals surface area contributed by atoms with Crippen molar-refractivity contribution in [2.75, 3.05) is 0 Å². The van der Waals surface area contributed by atoms with Crippen LogP contribution in [0.3, 0.4) is 0 Å². The summed E-state index contributed by atoms with van der Waals surface area (Å²) in [6.45, 7) is 0. The number of carbonyl (C=O) groups is 1. The second-order valence-electron chi connectivity index (χ2n) is 5.80. The molecule has 3 N–H and O–H groups in total. The second kappa shape index (κ2) is 3.97. The number of nitrogens with two attached hydrogens (primary N) is 1. The molecule has 1 amide bonds. The molecule has 1 aromatic heterocycles. The molecule has 3 unspecified atom stereocenters. The number of nitrogens with one attached hydrogen (secondary N) is 1. The third kappa shape index (κ3) is 1.85. The number of aromatic amines is 1. The van der Waals surface area contributed by atoms with Gasteiger partial charge < -0.3 is 10.7 Å². The Bertz CT molecular complexity index is 516. The van der Waals surface area contributed by atoms with Gasteiger partial charge in [-0.3, -0.25) is 9.59 Å². The molecule has 1 spiro atoms. The van der Waals surface area contributed by atoms with Crippen molar-refractivity contribution >= 4 is 5.91 Å². The first-order valence-electron chi connectivity index (χ1n) is 6.59. The average Bonchev–Trinajstić information content (AvgIpc) is 3.04. The van der Waals surface area contributed by atoms with Crippen LogP contribution in [0.15, 0.2) is 23.1 Å². The van der Waals surface area contributed by atoms with Crippen LogP contribution in [0.25, 0.3) is 0 Å². The van der Waals surface area contributed by atoms with Crippen molar-refractivity contribution in [1.82, 2.24) is 4.98 Å². The van der Waals surface area contributed by atoms with Gasteiger partial charge in [-0.05, 0) is 42.6 Å². The highest BCUT2D eigenvalue weighted by Gasteiger charge is 2.58. The van der Waals surface area contributed by atoms with Crippen LogP contribution in [0, 0.1) is 11.3 Å². The van der Waals surface area contributed by atoms with Gasteiger partial charge in [-0.25, -0.2) is 0 Å². The number of aromatic nitrogens is 1. The number of rotatable bonds is 2. The number of primary amides is 1. The quantitative estimate of drug-likeness (QED) is 0.830. The molecular formula is C14H18N2O2. The molecule has 2 aliphatic rings. The fourth-order valence-corrected chi connectivity index (χ4v) is 3.61. The molecule has 2 saturated carbocycles. The summed E-state index contributed by atoms with van der Waals surface area (Å²) in [6, 6.07) is 3.49. The maximum atomic E-state index is 11.3. The molecule has 0 saturated heterocycles. The molecule has 4 nitrogen and oxygen atoms in total. The van der Waals surface area contributed by atoms with Gasteiger partial charge in [-0.2, -0.15) is 0 Å². The van der Waals surface area contributed by atoms with E-state index in [0.29, 0.717) is 5.92 Å². The van der Waals surface area contributed by atoms with E-state index in [1.165, 1.54) is 5.56 Å². The lowest BCUT2D eigenvalue weighted by Gasteiger charge is -2.30. The lowest BCUT2D eigenvalue weighted by atomic mass is 9.75. The maximum Gasteiger partial charge on any atom is 0.247 e. The molecule has 1 heterocycles. The Kier molecular flexibility index (Phi) is 2.54. The van der Waals surface area contributed by atoms with Crippen molar-refractivity contribution in [3.63, 3.8) is 0 Å². The van der Waals surface area contributed by atoms with E-state index < -0.39 is 0 Å². The molecule has 2 aliphatic carbocycles. The van der Waals surface area contributed by atoms with Crippen LogP contribution in [0.1, 0.15) is 43.6 Å². The summed E-state index contributed by atoms with van der Waals surface area (Å²) in [5.74, 6) is 0.403. The predicted molar refractivity (Wildman–Crippen MR) is 68.0 cm³/mol. The Morgan fingerprint density at radius 1 is 1.39 bits per heavy atom. The van der Waals surface area contributed by atoms with Gasteiger partial charge in [0.05, 0.1) is 0 Å².